The van der Waals surface area contributed by atoms with Crippen LogP contribution in [0.2, 0.25) is 10.3 Å². The van der Waals surface area contributed by atoms with Crippen LogP contribution in [0, 0.1) is 0 Å². The molecule has 1 saturated heterocycles. The number of urea groups is 1. The average molecular weight is 553 g/mol. The number of benzene rings is 1. The van der Waals surface area contributed by atoms with Crippen LogP contribution in [-0.2, 0) is 22.4 Å². The number of halogens is 2. The van der Waals surface area contributed by atoms with Crippen molar-refractivity contribution in [3.8, 4) is 0 Å². The van der Waals surface area contributed by atoms with E-state index in [0.717, 1.165) is 68.9 Å². The van der Waals surface area contributed by atoms with Crippen LogP contribution in [0.15, 0.2) is 35.2 Å². The van der Waals surface area contributed by atoms with Crippen LogP contribution in [0.3, 0.4) is 0 Å². The quantitative estimate of drug-likeness (QED) is 0.414. The Hall–Kier alpha value is -1.84. The molecule has 7 nitrogen and oxygen atoms in total. The number of piperazine rings is 1. The first-order valence-corrected chi connectivity index (χ1v) is 15.2. The van der Waals surface area contributed by atoms with Crippen LogP contribution >= 0.6 is 23.2 Å². The maximum absolute atomic E-state index is 13.5. The third-order valence-corrected chi connectivity index (χ3v) is 8.70. The molecule has 1 aliphatic heterocycles. The minimum Gasteiger partial charge on any atom is -0.321 e. The molecule has 2 atom stereocenters. The van der Waals surface area contributed by atoms with E-state index in [2.05, 4.69) is 39.1 Å². The predicted molar refractivity (Wildman–Crippen MR) is 150 cm³/mol. The lowest BCUT2D eigenvalue weighted by Gasteiger charge is -2.37. The normalized spacial score (nSPS) is 20.4. The van der Waals surface area contributed by atoms with Crippen molar-refractivity contribution >= 4 is 50.3 Å². The smallest absolute Gasteiger partial charge is 0.321 e. The molecule has 0 saturated carbocycles. The van der Waals surface area contributed by atoms with Gasteiger partial charge in [-0.15, -0.1) is 0 Å². The van der Waals surface area contributed by atoms with E-state index in [1.54, 1.807) is 18.4 Å². The van der Waals surface area contributed by atoms with Gasteiger partial charge in [0.1, 0.15) is 10.3 Å². The third-order valence-electron chi connectivity index (χ3n) is 7.06. The minimum atomic E-state index is -2.30. The highest BCUT2D eigenvalue weighted by atomic mass is 35.5. The van der Waals surface area contributed by atoms with Gasteiger partial charge >= 0.3 is 6.03 Å². The number of carbonyl (C=O) groups is 1. The van der Waals surface area contributed by atoms with Crippen molar-refractivity contribution in [3.05, 3.63) is 51.8 Å². The molecule has 36 heavy (non-hydrogen) atoms. The zero-order valence-electron chi connectivity index (χ0n) is 21.0. The average Bonchev–Trinajstić information content (AvgIpc) is 2.81. The SMILES string of the molecule is C=S(C)(=O)c1ccc2c(c1)CC(N(CCCN1CCN(C)CC1)C(=O)Nc1cc(Cl)nc(Cl)c1)CC2. The molecule has 1 aromatic heterocycles. The number of aryl methyl sites for hydroxylation is 1. The number of carbonyl (C=O) groups excluding carboxylic acids is 1. The molecule has 0 bridgehead atoms. The minimum absolute atomic E-state index is 0.0331. The van der Waals surface area contributed by atoms with Crippen molar-refractivity contribution in [2.24, 2.45) is 0 Å². The Morgan fingerprint density at radius 1 is 1.17 bits per heavy atom. The molecule has 0 radical (unpaired) electrons. The number of anilines is 1. The lowest BCUT2D eigenvalue weighted by Crippen LogP contribution is -2.48. The Bertz CT molecular complexity index is 1180. The summed E-state index contributed by atoms with van der Waals surface area (Å²) in [6.45, 7) is 5.85. The van der Waals surface area contributed by atoms with Gasteiger partial charge in [0.05, 0.1) is 0 Å². The number of hydrogen-bond acceptors (Lipinski definition) is 5. The zero-order valence-corrected chi connectivity index (χ0v) is 23.3. The second-order valence-electron chi connectivity index (χ2n) is 9.96. The standard InChI is InChI=1S/C26H35Cl2N5O2S/c1-31-11-13-32(14-12-31)9-4-10-33(26(34)29-21-17-24(27)30-25(28)18-21)22-7-5-19-6-8-23(36(2,3)35)16-20(19)15-22/h6,8,16-18,22H,2,4-5,7,9-15H2,1,3H3,(H,29,30,34). The molecule has 1 aliphatic carbocycles. The maximum Gasteiger partial charge on any atom is 0.322 e. The van der Waals surface area contributed by atoms with Crippen molar-refractivity contribution in [2.75, 3.05) is 57.9 Å². The van der Waals surface area contributed by atoms with E-state index in [-0.39, 0.29) is 22.4 Å². The van der Waals surface area contributed by atoms with Crippen molar-refractivity contribution in [3.63, 3.8) is 0 Å². The van der Waals surface area contributed by atoms with Crippen LogP contribution in [0.25, 0.3) is 0 Å². The van der Waals surface area contributed by atoms with Crippen molar-refractivity contribution in [1.82, 2.24) is 19.7 Å². The van der Waals surface area contributed by atoms with Crippen molar-refractivity contribution in [2.45, 2.75) is 36.6 Å². The number of aromatic nitrogens is 1. The van der Waals surface area contributed by atoms with Gasteiger partial charge in [-0.2, -0.15) is 0 Å². The summed E-state index contributed by atoms with van der Waals surface area (Å²) in [7, 11) is -0.151. The number of rotatable bonds is 7. The fourth-order valence-electron chi connectivity index (χ4n) is 4.97. The first kappa shape index (κ1) is 27.2. The number of hydrogen-bond donors (Lipinski definition) is 1. The molecular formula is C26H35Cl2N5O2S. The molecule has 2 amide bonds. The Kier molecular flexibility index (Phi) is 8.83. The Balaban J connectivity index is 1.50. The predicted octanol–water partition coefficient (Wildman–Crippen LogP) is 4.12. The Morgan fingerprint density at radius 2 is 1.86 bits per heavy atom. The molecule has 1 N–H and O–H groups in total. The summed E-state index contributed by atoms with van der Waals surface area (Å²) >= 11 is 12.1. The number of nitrogens with zero attached hydrogens (tertiary/aromatic N) is 4. The second kappa shape index (κ2) is 11.7. The highest BCUT2D eigenvalue weighted by Crippen LogP contribution is 2.28. The zero-order chi connectivity index (χ0) is 25.9. The fraction of sp³-hybridized carbons (Fsp3) is 0.500. The fourth-order valence-corrected chi connectivity index (χ4v) is 6.18. The van der Waals surface area contributed by atoms with Gasteiger partial charge < -0.3 is 20.0 Å². The van der Waals surface area contributed by atoms with Crippen LogP contribution < -0.4 is 5.32 Å². The van der Waals surface area contributed by atoms with Crippen molar-refractivity contribution < 1.29 is 9.00 Å². The van der Waals surface area contributed by atoms with Gasteiger partial charge in [0, 0.05) is 55.6 Å². The molecule has 2 aliphatic rings. The van der Waals surface area contributed by atoms with Crippen LogP contribution in [-0.4, -0.2) is 94.4 Å². The number of pyridine rings is 1. The lowest BCUT2D eigenvalue weighted by molar-refractivity contribution is 0.140. The van der Waals surface area contributed by atoms with E-state index >= 15 is 0 Å². The molecule has 1 aromatic carbocycles. The highest BCUT2D eigenvalue weighted by molar-refractivity contribution is 7.99. The van der Waals surface area contributed by atoms with E-state index in [9.17, 15) is 9.00 Å². The number of fused-ring (bicyclic) bond motifs is 1. The summed E-state index contributed by atoms with van der Waals surface area (Å²) in [5.74, 6) is 3.84. The molecule has 0 spiro atoms. The molecule has 2 heterocycles. The van der Waals surface area contributed by atoms with E-state index in [4.69, 9.17) is 23.2 Å². The molecular weight excluding hydrogens is 517 g/mol. The van der Waals surface area contributed by atoms with Crippen molar-refractivity contribution in [1.29, 1.82) is 0 Å². The van der Waals surface area contributed by atoms with Gasteiger partial charge in [0.25, 0.3) is 0 Å². The second-order valence-corrected chi connectivity index (χ2v) is 13.2. The van der Waals surface area contributed by atoms with Gasteiger partial charge in [-0.3, -0.25) is 4.21 Å². The summed E-state index contributed by atoms with van der Waals surface area (Å²) < 4.78 is 12.5. The number of likely N-dealkylation sites (N-methyl/N-ethyl adjacent to an activating group) is 1. The monoisotopic (exact) mass is 551 g/mol. The molecule has 1 fully saturated rings. The number of nitrogens with one attached hydrogen (secondary N) is 1. The van der Waals surface area contributed by atoms with Crippen LogP contribution in [0.5, 0.6) is 0 Å². The van der Waals surface area contributed by atoms with Gasteiger partial charge in [0.2, 0.25) is 0 Å². The van der Waals surface area contributed by atoms with Crippen LogP contribution in [0.4, 0.5) is 10.5 Å². The van der Waals surface area contributed by atoms with E-state index in [1.807, 2.05) is 17.0 Å². The molecule has 4 rings (SSSR count). The van der Waals surface area contributed by atoms with E-state index < -0.39 is 9.52 Å². The van der Waals surface area contributed by atoms with Crippen LogP contribution in [0.1, 0.15) is 24.0 Å². The lowest BCUT2D eigenvalue weighted by atomic mass is 9.87. The highest BCUT2D eigenvalue weighted by Gasteiger charge is 2.28. The first-order chi connectivity index (χ1) is 17.1. The molecule has 196 valence electrons. The molecule has 10 heteroatoms. The molecule has 2 aromatic rings. The van der Waals surface area contributed by atoms with E-state index in [0.29, 0.717) is 12.2 Å². The Labute approximate surface area is 224 Å². The summed E-state index contributed by atoms with van der Waals surface area (Å²) in [6.07, 6.45) is 5.02. The first-order valence-electron chi connectivity index (χ1n) is 12.3. The largest absolute Gasteiger partial charge is 0.322 e. The third kappa shape index (κ3) is 7.13. The van der Waals surface area contributed by atoms with E-state index in [1.165, 1.54) is 5.56 Å². The number of amides is 2. The summed E-state index contributed by atoms with van der Waals surface area (Å²) in [4.78, 5) is 25.0. The summed E-state index contributed by atoms with van der Waals surface area (Å²) in [6, 6.07) is 9.06. The van der Waals surface area contributed by atoms with Gasteiger partial charge in [-0.1, -0.05) is 29.3 Å². The van der Waals surface area contributed by atoms with Gasteiger partial charge in [-0.05, 0) is 90.1 Å². The summed E-state index contributed by atoms with van der Waals surface area (Å²) in [5, 5.41) is 3.44. The Morgan fingerprint density at radius 3 is 2.53 bits per heavy atom. The van der Waals surface area contributed by atoms with Gasteiger partial charge in [-0.25, -0.2) is 9.78 Å². The molecule has 2 unspecified atom stereocenters. The maximum atomic E-state index is 13.5. The van der Waals surface area contributed by atoms with Gasteiger partial charge in [0.15, 0.2) is 0 Å². The summed E-state index contributed by atoms with van der Waals surface area (Å²) in [5.41, 5.74) is 2.92. The topological polar surface area (TPSA) is 68.8 Å².